The van der Waals surface area contributed by atoms with Crippen LogP contribution in [0.5, 0.6) is 0 Å². The molecule has 7 nitrogen and oxygen atoms in total. The van der Waals surface area contributed by atoms with Gasteiger partial charge in [-0.1, -0.05) is 30.9 Å². The van der Waals surface area contributed by atoms with E-state index < -0.39 is 0 Å². The van der Waals surface area contributed by atoms with E-state index in [-0.39, 0.29) is 17.0 Å². The predicted octanol–water partition coefficient (Wildman–Crippen LogP) is 2.50. The fraction of sp³-hybridized carbons (Fsp3) is 0.500. The van der Waals surface area contributed by atoms with E-state index >= 15 is 0 Å². The van der Waals surface area contributed by atoms with E-state index in [1.165, 1.54) is 11.8 Å². The molecule has 0 aromatic carbocycles. The molecule has 0 N–H and O–H groups in total. The lowest BCUT2D eigenvalue weighted by Crippen LogP contribution is -2.41. The third kappa shape index (κ3) is 3.97. The molecule has 0 unspecified atom stereocenters. The molecule has 0 aliphatic carbocycles. The van der Waals surface area contributed by atoms with Crippen LogP contribution in [0.1, 0.15) is 37.0 Å². The first-order chi connectivity index (χ1) is 13.9. The number of hydrogen-bond acceptors (Lipinski definition) is 7. The average molecular weight is 433 g/mol. The fourth-order valence-corrected chi connectivity index (χ4v) is 4.89. The maximum atomic E-state index is 12.9. The number of thioether (sulfide) groups is 1. The third-order valence-corrected chi connectivity index (χ3v) is 6.45. The summed E-state index contributed by atoms with van der Waals surface area (Å²) in [6.45, 7) is 9.07. The highest BCUT2D eigenvalue weighted by Gasteiger charge is 2.32. The molecule has 3 heterocycles. The van der Waals surface area contributed by atoms with Gasteiger partial charge in [-0.25, -0.2) is 0 Å². The van der Waals surface area contributed by atoms with E-state index in [1.807, 2.05) is 19.9 Å². The van der Waals surface area contributed by atoms with Crippen LogP contribution in [0, 0.1) is 18.3 Å². The SMILES string of the molecule is CCCN1C(=O)C(=Cc2c(C)c(C#N)c(=O)n(CC)c2N2CCOCC2)SC1=S. The Balaban J connectivity index is 2.22. The zero-order valence-corrected chi connectivity index (χ0v) is 18.5. The smallest absolute Gasteiger partial charge is 0.270 e. The van der Waals surface area contributed by atoms with E-state index in [9.17, 15) is 14.9 Å². The number of anilines is 1. The normalized spacial score (nSPS) is 18.6. The van der Waals surface area contributed by atoms with E-state index in [2.05, 4.69) is 4.90 Å². The van der Waals surface area contributed by atoms with Gasteiger partial charge in [0.05, 0.1) is 18.1 Å². The van der Waals surface area contributed by atoms with Crippen LogP contribution in [0.15, 0.2) is 9.70 Å². The Morgan fingerprint density at radius 1 is 1.28 bits per heavy atom. The summed E-state index contributed by atoms with van der Waals surface area (Å²) in [5.41, 5.74) is 1.12. The summed E-state index contributed by atoms with van der Waals surface area (Å²) in [4.78, 5) is 30.0. The number of nitrogens with zero attached hydrogens (tertiary/aromatic N) is 4. The average Bonchev–Trinajstić information content (AvgIpc) is 2.98. The van der Waals surface area contributed by atoms with Crippen LogP contribution in [-0.2, 0) is 16.1 Å². The number of carbonyl (C=O) groups is 1. The van der Waals surface area contributed by atoms with E-state index in [0.29, 0.717) is 54.2 Å². The standard InChI is InChI=1S/C20H24N4O3S2/c1-4-6-24-19(26)16(29-20(24)28)11-14-13(3)15(12-21)18(25)23(5-2)17(14)22-7-9-27-10-8-22/h11H,4-10H2,1-3H3. The first-order valence-corrected chi connectivity index (χ1v) is 10.9. The second-order valence-electron chi connectivity index (χ2n) is 6.83. The van der Waals surface area contributed by atoms with Gasteiger partial charge in [0.2, 0.25) is 0 Å². The molecule has 0 saturated carbocycles. The van der Waals surface area contributed by atoms with Crippen molar-refractivity contribution < 1.29 is 9.53 Å². The van der Waals surface area contributed by atoms with Crippen LogP contribution in [0.3, 0.4) is 0 Å². The van der Waals surface area contributed by atoms with Crippen molar-refractivity contribution in [3.05, 3.63) is 31.9 Å². The molecule has 29 heavy (non-hydrogen) atoms. The Morgan fingerprint density at radius 3 is 2.55 bits per heavy atom. The fourth-order valence-electron chi connectivity index (χ4n) is 3.60. The maximum absolute atomic E-state index is 12.9. The van der Waals surface area contributed by atoms with Gasteiger partial charge in [-0.05, 0) is 31.9 Å². The molecule has 2 saturated heterocycles. The Bertz CT molecular complexity index is 971. The Hall–Kier alpha value is -2.15. The molecule has 2 aliphatic rings. The number of carbonyl (C=O) groups excluding carboxylic acids is 1. The molecule has 0 atom stereocenters. The summed E-state index contributed by atoms with van der Waals surface area (Å²) in [6, 6.07) is 2.05. The van der Waals surface area contributed by atoms with Crippen molar-refractivity contribution in [1.29, 1.82) is 5.26 Å². The number of rotatable bonds is 5. The summed E-state index contributed by atoms with van der Waals surface area (Å²) in [5.74, 6) is 0.611. The zero-order valence-electron chi connectivity index (χ0n) is 16.9. The summed E-state index contributed by atoms with van der Waals surface area (Å²) < 4.78 is 7.63. The van der Waals surface area contributed by atoms with Gasteiger partial charge in [0, 0.05) is 31.7 Å². The van der Waals surface area contributed by atoms with Crippen LogP contribution in [0.2, 0.25) is 0 Å². The third-order valence-electron chi connectivity index (χ3n) is 5.07. The van der Waals surface area contributed by atoms with Crippen LogP contribution in [0.25, 0.3) is 6.08 Å². The van der Waals surface area contributed by atoms with Gasteiger partial charge in [0.1, 0.15) is 21.8 Å². The molecule has 1 aromatic rings. The largest absolute Gasteiger partial charge is 0.378 e. The topological polar surface area (TPSA) is 78.6 Å². The van der Waals surface area contributed by atoms with E-state index in [1.54, 1.807) is 22.5 Å². The predicted molar refractivity (Wildman–Crippen MR) is 119 cm³/mol. The summed E-state index contributed by atoms with van der Waals surface area (Å²) in [6.07, 6.45) is 2.61. The molecule has 154 valence electrons. The number of amides is 1. The molecular formula is C20H24N4O3S2. The number of nitriles is 1. The van der Waals surface area contributed by atoms with Crippen molar-refractivity contribution in [2.45, 2.75) is 33.7 Å². The molecule has 9 heteroatoms. The number of aromatic nitrogens is 1. The molecule has 2 aliphatic heterocycles. The number of pyridine rings is 1. The Kier molecular flexibility index (Phi) is 6.77. The van der Waals surface area contributed by atoms with Gasteiger partial charge in [-0.2, -0.15) is 5.26 Å². The monoisotopic (exact) mass is 432 g/mol. The van der Waals surface area contributed by atoms with Gasteiger partial charge in [-0.15, -0.1) is 0 Å². The van der Waals surface area contributed by atoms with Gasteiger partial charge in [-0.3, -0.25) is 19.1 Å². The highest BCUT2D eigenvalue weighted by atomic mass is 32.2. The quantitative estimate of drug-likeness (QED) is 0.522. The van der Waals surface area contributed by atoms with Gasteiger partial charge < -0.3 is 9.64 Å². The highest BCUT2D eigenvalue weighted by molar-refractivity contribution is 8.26. The lowest BCUT2D eigenvalue weighted by atomic mass is 10.0. The zero-order chi connectivity index (χ0) is 21.1. The van der Waals surface area contributed by atoms with Crippen molar-refractivity contribution >= 4 is 46.1 Å². The second kappa shape index (κ2) is 9.11. The van der Waals surface area contributed by atoms with Gasteiger partial charge >= 0.3 is 0 Å². The van der Waals surface area contributed by atoms with Crippen molar-refractivity contribution in [3.63, 3.8) is 0 Å². The molecule has 3 rings (SSSR count). The highest BCUT2D eigenvalue weighted by Crippen LogP contribution is 2.36. The molecule has 0 spiro atoms. The van der Waals surface area contributed by atoms with Crippen molar-refractivity contribution in [2.75, 3.05) is 37.7 Å². The minimum atomic E-state index is -0.301. The molecule has 1 aromatic heterocycles. The summed E-state index contributed by atoms with van der Waals surface area (Å²) in [7, 11) is 0. The lowest BCUT2D eigenvalue weighted by Gasteiger charge is -2.33. The molecule has 1 amide bonds. The minimum Gasteiger partial charge on any atom is -0.378 e. The van der Waals surface area contributed by atoms with Crippen LogP contribution in [0.4, 0.5) is 5.82 Å². The first-order valence-electron chi connectivity index (χ1n) is 9.70. The second-order valence-corrected chi connectivity index (χ2v) is 8.51. The van der Waals surface area contributed by atoms with E-state index in [4.69, 9.17) is 17.0 Å². The molecule has 2 fully saturated rings. The number of morpholine rings is 1. The number of thiocarbonyl (C=S) groups is 1. The summed E-state index contributed by atoms with van der Waals surface area (Å²) in [5, 5.41) is 9.59. The number of ether oxygens (including phenoxy) is 1. The molecule has 0 bridgehead atoms. The Morgan fingerprint density at radius 2 is 1.97 bits per heavy atom. The van der Waals surface area contributed by atoms with Crippen LogP contribution in [-0.4, -0.2) is 52.5 Å². The molecule has 0 radical (unpaired) electrons. The first kappa shape index (κ1) is 21.6. The molecular weight excluding hydrogens is 408 g/mol. The van der Waals surface area contributed by atoms with Gasteiger partial charge in [0.25, 0.3) is 11.5 Å². The van der Waals surface area contributed by atoms with Crippen LogP contribution >= 0.6 is 24.0 Å². The summed E-state index contributed by atoms with van der Waals surface area (Å²) >= 11 is 6.65. The maximum Gasteiger partial charge on any atom is 0.270 e. The van der Waals surface area contributed by atoms with Crippen LogP contribution < -0.4 is 10.5 Å². The van der Waals surface area contributed by atoms with Crippen molar-refractivity contribution in [1.82, 2.24) is 9.47 Å². The van der Waals surface area contributed by atoms with Crippen molar-refractivity contribution in [3.8, 4) is 6.07 Å². The Labute approximate surface area is 179 Å². The number of hydrogen-bond donors (Lipinski definition) is 0. The van der Waals surface area contributed by atoms with Crippen molar-refractivity contribution in [2.24, 2.45) is 0 Å². The minimum absolute atomic E-state index is 0.110. The van der Waals surface area contributed by atoms with Gasteiger partial charge in [0.15, 0.2) is 0 Å². The van der Waals surface area contributed by atoms with E-state index in [0.717, 1.165) is 17.8 Å². The lowest BCUT2D eigenvalue weighted by molar-refractivity contribution is -0.122.